The summed E-state index contributed by atoms with van der Waals surface area (Å²) in [6.07, 6.45) is 9.09. The summed E-state index contributed by atoms with van der Waals surface area (Å²) in [6, 6.07) is 9.01. The minimum atomic E-state index is -0.221. The van der Waals surface area contributed by atoms with E-state index in [0.29, 0.717) is 36.7 Å². The minimum Gasteiger partial charge on any atom is -0.381 e. The summed E-state index contributed by atoms with van der Waals surface area (Å²) in [5, 5.41) is 7.24. The van der Waals surface area contributed by atoms with Gasteiger partial charge in [0, 0.05) is 57.4 Å². The number of aromatic nitrogens is 2. The summed E-state index contributed by atoms with van der Waals surface area (Å²) in [4.78, 5) is 14.6. The van der Waals surface area contributed by atoms with E-state index in [2.05, 4.69) is 33.4 Å². The van der Waals surface area contributed by atoms with Crippen molar-refractivity contribution >= 4 is 34.9 Å². The smallest absolute Gasteiger partial charge is 0.232 e. The molecule has 0 spiro atoms. The van der Waals surface area contributed by atoms with Crippen LogP contribution >= 0.6 is 12.2 Å². The third-order valence-electron chi connectivity index (χ3n) is 8.33. The van der Waals surface area contributed by atoms with E-state index < -0.39 is 0 Å². The van der Waals surface area contributed by atoms with Gasteiger partial charge in [0.1, 0.15) is 17.5 Å². The fourth-order valence-corrected chi connectivity index (χ4v) is 6.19. The van der Waals surface area contributed by atoms with E-state index in [1.54, 1.807) is 0 Å². The van der Waals surface area contributed by atoms with Gasteiger partial charge in [-0.05, 0) is 74.4 Å². The van der Waals surface area contributed by atoms with Crippen LogP contribution in [0.3, 0.4) is 0 Å². The summed E-state index contributed by atoms with van der Waals surface area (Å²) >= 11 is 5.74. The predicted octanol–water partition coefficient (Wildman–Crippen LogP) is 5.27. The highest BCUT2D eigenvalue weighted by atomic mass is 32.1. The number of nitrogens with zero attached hydrogens (tertiary/aromatic N) is 4. The van der Waals surface area contributed by atoms with Gasteiger partial charge in [0.25, 0.3) is 0 Å². The molecule has 0 saturated carbocycles. The quantitative estimate of drug-likeness (QED) is 0.481. The number of nitrogens with one attached hydrogen (secondary N) is 2. The van der Waals surface area contributed by atoms with E-state index >= 15 is 0 Å². The van der Waals surface area contributed by atoms with Gasteiger partial charge in [0.2, 0.25) is 5.95 Å². The Morgan fingerprint density at radius 1 is 1.00 bits per heavy atom. The highest BCUT2D eigenvalue weighted by molar-refractivity contribution is 7.80. The number of hydrogen-bond acceptors (Lipinski definition) is 6. The average Bonchev–Trinajstić information content (AvgIpc) is 3.23. The van der Waals surface area contributed by atoms with Gasteiger partial charge in [-0.25, -0.2) is 4.39 Å². The van der Waals surface area contributed by atoms with Crippen molar-refractivity contribution in [2.75, 3.05) is 61.1 Å². The van der Waals surface area contributed by atoms with Gasteiger partial charge < -0.3 is 25.2 Å². The van der Waals surface area contributed by atoms with Crippen LogP contribution in [0.15, 0.2) is 30.3 Å². The fraction of sp³-hybridized carbons (Fsp3) is 0.621. The van der Waals surface area contributed by atoms with Crippen molar-refractivity contribution in [3.8, 4) is 0 Å². The molecule has 5 rings (SSSR count). The monoisotopic (exact) mass is 540 g/mol. The van der Waals surface area contributed by atoms with Gasteiger partial charge in [-0.3, -0.25) is 0 Å². The molecule has 3 fully saturated rings. The maximum absolute atomic E-state index is 13.6. The van der Waals surface area contributed by atoms with E-state index in [0.717, 1.165) is 56.2 Å². The average molecular weight is 541 g/mol. The van der Waals surface area contributed by atoms with Gasteiger partial charge in [0.05, 0.1) is 0 Å². The van der Waals surface area contributed by atoms with Gasteiger partial charge in [0.15, 0.2) is 5.11 Å². The Balaban J connectivity index is 1.33. The van der Waals surface area contributed by atoms with Gasteiger partial charge in [-0.1, -0.05) is 31.9 Å². The second-order valence-corrected chi connectivity index (χ2v) is 11.6. The van der Waals surface area contributed by atoms with Crippen molar-refractivity contribution in [2.24, 2.45) is 5.92 Å². The van der Waals surface area contributed by atoms with Crippen LogP contribution in [0.2, 0.25) is 0 Å². The molecule has 2 aromatic rings. The minimum absolute atomic E-state index is 0.165. The number of rotatable bonds is 6. The van der Waals surface area contributed by atoms with Gasteiger partial charge in [-0.15, -0.1) is 0 Å². The number of ether oxygens (including phenoxy) is 1. The SMILES string of the molecule is C[C@@H]1CCCN(c2cc(N3CCCCCC3)nc(NC(=S)NCC3(c4ccc(F)cc4)CCOCC3)n2)C1. The van der Waals surface area contributed by atoms with Crippen molar-refractivity contribution in [3.05, 3.63) is 41.7 Å². The van der Waals surface area contributed by atoms with Crippen molar-refractivity contribution in [1.29, 1.82) is 0 Å². The first kappa shape index (κ1) is 27.1. The van der Waals surface area contributed by atoms with Gasteiger partial charge >= 0.3 is 0 Å². The summed E-state index contributed by atoms with van der Waals surface area (Å²) in [5.41, 5.74) is 0.945. The zero-order chi connectivity index (χ0) is 26.4. The molecular formula is C29H41FN6OS. The Labute approximate surface area is 231 Å². The third kappa shape index (κ3) is 6.72. The number of piperidine rings is 1. The maximum atomic E-state index is 13.6. The van der Waals surface area contributed by atoms with Crippen LogP contribution in [0.4, 0.5) is 22.0 Å². The molecule has 3 aliphatic rings. The first-order chi connectivity index (χ1) is 18.5. The zero-order valence-corrected chi connectivity index (χ0v) is 23.4. The Morgan fingerprint density at radius 3 is 2.34 bits per heavy atom. The molecule has 4 heterocycles. The Kier molecular flexibility index (Phi) is 8.94. The molecule has 1 aromatic carbocycles. The summed E-state index contributed by atoms with van der Waals surface area (Å²) in [7, 11) is 0. The Bertz CT molecular complexity index is 1050. The van der Waals surface area contributed by atoms with E-state index in [4.69, 9.17) is 26.9 Å². The van der Waals surface area contributed by atoms with Crippen LogP contribution in [0.5, 0.6) is 0 Å². The standard InChI is InChI=1S/C29H41FN6OS/c1-22-7-6-16-36(20-22)26-19-25(35-14-4-2-3-5-15-35)32-27(33-26)34-28(38)31-21-29(12-17-37-18-13-29)23-8-10-24(30)11-9-23/h8-11,19,22H,2-7,12-18,20-21H2,1H3,(H2,31,32,33,34,38)/t22-/m1/s1. The molecule has 9 heteroatoms. The molecule has 1 aromatic heterocycles. The highest BCUT2D eigenvalue weighted by Crippen LogP contribution is 2.34. The lowest BCUT2D eigenvalue weighted by molar-refractivity contribution is 0.0515. The summed E-state index contributed by atoms with van der Waals surface area (Å²) in [5.74, 6) is 2.93. The highest BCUT2D eigenvalue weighted by Gasteiger charge is 2.34. The van der Waals surface area contributed by atoms with Crippen LogP contribution < -0.4 is 20.4 Å². The lowest BCUT2D eigenvalue weighted by Gasteiger charge is -2.38. The zero-order valence-electron chi connectivity index (χ0n) is 22.6. The van der Waals surface area contributed by atoms with E-state index in [1.165, 1.54) is 50.7 Å². The first-order valence-corrected chi connectivity index (χ1v) is 14.7. The molecule has 0 radical (unpaired) electrons. The molecule has 1 atom stereocenters. The van der Waals surface area contributed by atoms with Crippen LogP contribution in [0.1, 0.15) is 63.9 Å². The molecule has 38 heavy (non-hydrogen) atoms. The van der Waals surface area contributed by atoms with Gasteiger partial charge in [-0.2, -0.15) is 9.97 Å². The fourth-order valence-electron chi connectivity index (χ4n) is 6.03. The lowest BCUT2D eigenvalue weighted by atomic mass is 9.74. The molecule has 206 valence electrons. The second kappa shape index (κ2) is 12.6. The van der Waals surface area contributed by atoms with Crippen LogP contribution in [-0.4, -0.2) is 61.0 Å². The number of halogens is 1. The molecule has 0 bridgehead atoms. The second-order valence-electron chi connectivity index (χ2n) is 11.2. The number of thiocarbonyl (C=S) groups is 1. The summed E-state index contributed by atoms with van der Waals surface area (Å²) in [6.45, 7) is 8.39. The molecule has 0 unspecified atom stereocenters. The normalized spacial score (nSPS) is 22.0. The van der Waals surface area contributed by atoms with Crippen molar-refractivity contribution < 1.29 is 9.13 Å². The predicted molar refractivity (Wildman–Crippen MR) is 156 cm³/mol. The molecule has 0 amide bonds. The first-order valence-electron chi connectivity index (χ1n) is 14.3. The Hall–Kier alpha value is -2.52. The molecule has 3 saturated heterocycles. The van der Waals surface area contributed by atoms with Crippen LogP contribution in [0.25, 0.3) is 0 Å². The molecule has 3 aliphatic heterocycles. The number of anilines is 3. The molecular weight excluding hydrogens is 499 g/mol. The van der Waals surface area contributed by atoms with E-state index in [-0.39, 0.29) is 11.2 Å². The van der Waals surface area contributed by atoms with Crippen molar-refractivity contribution in [1.82, 2.24) is 15.3 Å². The van der Waals surface area contributed by atoms with E-state index in [9.17, 15) is 4.39 Å². The largest absolute Gasteiger partial charge is 0.381 e. The van der Waals surface area contributed by atoms with E-state index in [1.807, 2.05) is 12.1 Å². The topological polar surface area (TPSA) is 65.5 Å². The summed E-state index contributed by atoms with van der Waals surface area (Å²) < 4.78 is 19.3. The maximum Gasteiger partial charge on any atom is 0.232 e. The van der Waals surface area contributed by atoms with Crippen molar-refractivity contribution in [2.45, 2.75) is 63.7 Å². The van der Waals surface area contributed by atoms with Crippen molar-refractivity contribution in [3.63, 3.8) is 0 Å². The van der Waals surface area contributed by atoms with Crippen LogP contribution in [0, 0.1) is 11.7 Å². The Morgan fingerprint density at radius 2 is 1.66 bits per heavy atom. The molecule has 2 N–H and O–H groups in total. The lowest BCUT2D eigenvalue weighted by Crippen LogP contribution is -2.45. The molecule has 7 nitrogen and oxygen atoms in total. The third-order valence-corrected chi connectivity index (χ3v) is 8.58. The number of hydrogen-bond donors (Lipinski definition) is 2. The number of benzene rings is 1. The molecule has 0 aliphatic carbocycles. The van der Waals surface area contributed by atoms with Crippen LogP contribution in [-0.2, 0) is 10.2 Å².